The van der Waals surface area contributed by atoms with Gasteiger partial charge in [-0.1, -0.05) is 22.6 Å². The number of halogens is 3. The van der Waals surface area contributed by atoms with Gasteiger partial charge in [0.05, 0.1) is 9.30 Å². The van der Waals surface area contributed by atoms with E-state index in [4.69, 9.17) is 16.3 Å². The molecule has 0 saturated carbocycles. The predicted octanol–water partition coefficient (Wildman–Crippen LogP) is 1.55. The molecule has 2 rings (SSSR count). The summed E-state index contributed by atoms with van der Waals surface area (Å²) < 4.78 is 20.6. The first kappa shape index (κ1) is 14.0. The fraction of sp³-hybridized carbons (Fsp3) is 0.600. The summed E-state index contributed by atoms with van der Waals surface area (Å²) in [6, 6.07) is 1.17. The van der Waals surface area contributed by atoms with Crippen molar-refractivity contribution in [2.24, 2.45) is 0 Å². The molecule has 18 heavy (non-hydrogen) atoms. The van der Waals surface area contributed by atoms with Crippen LogP contribution < -0.4 is 11.2 Å². The highest BCUT2D eigenvalue weighted by molar-refractivity contribution is 14.1. The lowest BCUT2D eigenvalue weighted by molar-refractivity contribution is -0.139. The Labute approximate surface area is 120 Å². The fourth-order valence-electron chi connectivity index (χ4n) is 2.01. The van der Waals surface area contributed by atoms with E-state index >= 15 is 0 Å². The molecular weight excluding hydrogens is 377 g/mol. The van der Waals surface area contributed by atoms with Gasteiger partial charge in [0.15, 0.2) is 6.23 Å². The van der Waals surface area contributed by atoms with Crippen molar-refractivity contribution < 1.29 is 9.13 Å². The van der Waals surface area contributed by atoms with Crippen LogP contribution in [0.2, 0.25) is 0 Å². The van der Waals surface area contributed by atoms with Crippen LogP contribution in [0.3, 0.4) is 0 Å². The predicted molar refractivity (Wildman–Crippen MR) is 73.0 cm³/mol. The van der Waals surface area contributed by atoms with Crippen LogP contribution in [0.1, 0.15) is 19.6 Å². The number of aromatic amines is 1. The molecule has 0 amide bonds. The topological polar surface area (TPSA) is 64.1 Å². The fourth-order valence-corrected chi connectivity index (χ4v) is 2.80. The van der Waals surface area contributed by atoms with E-state index in [0.29, 0.717) is 0 Å². The minimum absolute atomic E-state index is 0.0271. The smallest absolute Gasteiger partial charge is 0.319 e. The molecule has 1 aromatic heterocycles. The van der Waals surface area contributed by atoms with Crippen LogP contribution in [0.4, 0.5) is 4.39 Å². The van der Waals surface area contributed by atoms with Gasteiger partial charge >= 0.3 is 5.69 Å². The zero-order chi connectivity index (χ0) is 13.6. The molecule has 3 atom stereocenters. The van der Waals surface area contributed by atoms with Gasteiger partial charge in [0, 0.05) is 18.7 Å². The third kappa shape index (κ3) is 2.48. The molecule has 2 heterocycles. The van der Waals surface area contributed by atoms with Crippen LogP contribution >= 0.6 is 34.2 Å². The van der Waals surface area contributed by atoms with Gasteiger partial charge in [-0.15, -0.1) is 11.6 Å². The van der Waals surface area contributed by atoms with Crippen LogP contribution in [0, 0.1) is 0 Å². The number of rotatable bonds is 2. The second-order valence-corrected chi connectivity index (χ2v) is 6.09. The number of H-pyrrole nitrogens is 1. The number of alkyl halides is 3. The highest BCUT2D eigenvalue weighted by atomic mass is 127. The lowest BCUT2D eigenvalue weighted by atomic mass is 10.0. The summed E-state index contributed by atoms with van der Waals surface area (Å²) in [7, 11) is 0. The number of aromatic nitrogens is 2. The van der Waals surface area contributed by atoms with E-state index in [1.54, 1.807) is 6.92 Å². The van der Waals surface area contributed by atoms with E-state index < -0.39 is 28.2 Å². The summed E-state index contributed by atoms with van der Waals surface area (Å²) in [4.78, 5) is 23.7. The van der Waals surface area contributed by atoms with Crippen molar-refractivity contribution in [2.75, 3.05) is 4.43 Å². The second-order valence-electron chi connectivity index (χ2n) is 4.46. The van der Waals surface area contributed by atoms with Crippen molar-refractivity contribution in [1.29, 1.82) is 0 Å². The standard InChI is InChI=1S/C10H11ClFIN2O3/c1-9(11)4-10(12,5-13)18-7(9)15-3-2-6(16)14-8(15)17/h2-3,7H,4-5H2,1H3,(H,14,16,17)/t7-,9-,10+/m1/s1. The average Bonchev–Trinajstić information content (AvgIpc) is 2.50. The van der Waals surface area contributed by atoms with Crippen molar-refractivity contribution in [1.82, 2.24) is 9.55 Å². The van der Waals surface area contributed by atoms with Gasteiger partial charge in [0.1, 0.15) is 0 Å². The van der Waals surface area contributed by atoms with Crippen molar-refractivity contribution in [3.63, 3.8) is 0 Å². The Bertz CT molecular complexity index is 573. The van der Waals surface area contributed by atoms with Crippen molar-refractivity contribution in [3.05, 3.63) is 33.1 Å². The molecule has 0 aliphatic carbocycles. The van der Waals surface area contributed by atoms with Crippen LogP contribution in [0.5, 0.6) is 0 Å². The molecule has 0 unspecified atom stereocenters. The number of ether oxygens (including phenoxy) is 1. The molecule has 1 fully saturated rings. The van der Waals surface area contributed by atoms with Gasteiger partial charge in [-0.3, -0.25) is 14.3 Å². The molecule has 0 spiro atoms. The first-order valence-electron chi connectivity index (χ1n) is 5.20. The van der Waals surface area contributed by atoms with E-state index in [-0.39, 0.29) is 10.8 Å². The Hall–Kier alpha value is -0.410. The summed E-state index contributed by atoms with van der Waals surface area (Å²) in [6.45, 7) is 1.60. The Morgan fingerprint density at radius 3 is 2.89 bits per heavy atom. The zero-order valence-electron chi connectivity index (χ0n) is 9.45. The van der Waals surface area contributed by atoms with E-state index in [1.165, 1.54) is 12.3 Å². The summed E-state index contributed by atoms with van der Waals surface area (Å²) in [6.07, 6.45) is 0.273. The van der Waals surface area contributed by atoms with Crippen molar-refractivity contribution >= 4 is 34.2 Å². The highest BCUT2D eigenvalue weighted by Crippen LogP contribution is 2.48. The second kappa shape index (κ2) is 4.61. The zero-order valence-corrected chi connectivity index (χ0v) is 12.4. The van der Waals surface area contributed by atoms with Gasteiger partial charge in [0.25, 0.3) is 5.56 Å². The first-order chi connectivity index (χ1) is 8.27. The molecular formula is C10H11ClFIN2O3. The Morgan fingerprint density at radius 2 is 2.39 bits per heavy atom. The maximum atomic E-state index is 14.2. The van der Waals surface area contributed by atoms with E-state index in [0.717, 1.165) is 4.57 Å². The van der Waals surface area contributed by atoms with E-state index in [9.17, 15) is 14.0 Å². The van der Waals surface area contributed by atoms with Crippen LogP contribution in [0.25, 0.3) is 0 Å². The van der Waals surface area contributed by atoms with Gasteiger partial charge in [-0.2, -0.15) is 0 Å². The Morgan fingerprint density at radius 1 is 1.72 bits per heavy atom. The van der Waals surface area contributed by atoms with E-state index in [1.807, 2.05) is 22.6 Å². The Balaban J connectivity index is 2.45. The molecule has 1 saturated heterocycles. The molecule has 0 aromatic carbocycles. The monoisotopic (exact) mass is 388 g/mol. The number of hydrogen-bond donors (Lipinski definition) is 1. The van der Waals surface area contributed by atoms with Gasteiger partial charge in [0.2, 0.25) is 5.85 Å². The number of hydrogen-bond acceptors (Lipinski definition) is 3. The van der Waals surface area contributed by atoms with Crippen LogP contribution in [-0.4, -0.2) is 24.7 Å². The van der Waals surface area contributed by atoms with E-state index in [2.05, 4.69) is 4.98 Å². The molecule has 100 valence electrons. The van der Waals surface area contributed by atoms with Gasteiger partial charge in [-0.25, -0.2) is 9.18 Å². The highest BCUT2D eigenvalue weighted by Gasteiger charge is 2.54. The molecule has 0 radical (unpaired) electrons. The van der Waals surface area contributed by atoms with Gasteiger partial charge in [-0.05, 0) is 6.92 Å². The lowest BCUT2D eigenvalue weighted by Crippen LogP contribution is -2.37. The van der Waals surface area contributed by atoms with Crippen molar-refractivity contribution in [3.8, 4) is 0 Å². The molecule has 0 bridgehead atoms. The average molecular weight is 389 g/mol. The molecule has 1 aliphatic rings. The summed E-state index contributed by atoms with van der Waals surface area (Å²) >= 11 is 8.09. The lowest BCUT2D eigenvalue weighted by Gasteiger charge is -2.23. The first-order valence-corrected chi connectivity index (χ1v) is 7.11. The maximum absolute atomic E-state index is 14.2. The number of nitrogens with one attached hydrogen (secondary N) is 1. The largest absolute Gasteiger partial charge is 0.330 e. The molecule has 1 N–H and O–H groups in total. The third-order valence-electron chi connectivity index (χ3n) is 2.75. The summed E-state index contributed by atoms with van der Waals surface area (Å²) in [5.74, 6) is -1.86. The molecule has 8 heteroatoms. The molecule has 1 aliphatic heterocycles. The SMILES string of the molecule is C[C@@]1(Cl)C[C@@](F)(CI)O[C@H]1n1ccc(=O)[nH]c1=O. The summed E-state index contributed by atoms with van der Waals surface area (Å²) in [5, 5.41) is 0. The number of nitrogens with zero attached hydrogens (tertiary/aromatic N) is 1. The van der Waals surface area contributed by atoms with Gasteiger partial charge < -0.3 is 4.74 Å². The summed E-state index contributed by atoms with van der Waals surface area (Å²) in [5.41, 5.74) is -1.19. The minimum Gasteiger partial charge on any atom is -0.319 e. The van der Waals surface area contributed by atoms with Crippen molar-refractivity contribution in [2.45, 2.75) is 30.3 Å². The quantitative estimate of drug-likeness (QED) is 0.618. The third-order valence-corrected chi connectivity index (χ3v) is 4.21. The molecule has 5 nitrogen and oxygen atoms in total. The minimum atomic E-state index is -1.86. The van der Waals surface area contributed by atoms with Crippen LogP contribution in [0.15, 0.2) is 21.9 Å². The molecule has 1 aromatic rings. The normalized spacial score (nSPS) is 35.9. The Kier molecular flexibility index (Phi) is 3.58. The van der Waals surface area contributed by atoms with Crippen LogP contribution in [-0.2, 0) is 4.74 Å². The maximum Gasteiger partial charge on any atom is 0.330 e.